The van der Waals surface area contributed by atoms with Gasteiger partial charge in [0.05, 0.1) is 10.9 Å². The Hall–Kier alpha value is -1.09. The molecule has 1 atom stereocenters. The Morgan fingerprint density at radius 2 is 2.22 bits per heavy atom. The van der Waals surface area contributed by atoms with Gasteiger partial charge in [-0.1, -0.05) is 13.0 Å². The van der Waals surface area contributed by atoms with Gasteiger partial charge in [0, 0.05) is 18.8 Å². The molecule has 6 nitrogen and oxygen atoms in total. The highest BCUT2D eigenvalue weighted by atomic mass is 32.2. The van der Waals surface area contributed by atoms with E-state index >= 15 is 0 Å². The highest BCUT2D eigenvalue weighted by molar-refractivity contribution is 7.98. The molecule has 0 saturated heterocycles. The molecular weight excluding hydrogens is 334 g/mol. The normalized spacial score (nSPS) is 15.5. The molecule has 1 heterocycles. The summed E-state index contributed by atoms with van der Waals surface area (Å²) in [6.45, 7) is 2.60. The first-order chi connectivity index (χ1) is 10.9. The number of hydrogen-bond donors (Lipinski definition) is 2. The monoisotopic (exact) mass is 357 g/mol. The minimum absolute atomic E-state index is 0.143. The van der Waals surface area contributed by atoms with Crippen LogP contribution < -0.4 is 15.4 Å². The van der Waals surface area contributed by atoms with E-state index in [0.29, 0.717) is 25.2 Å². The Morgan fingerprint density at radius 1 is 1.48 bits per heavy atom. The van der Waals surface area contributed by atoms with E-state index in [2.05, 4.69) is 4.72 Å². The fourth-order valence-corrected chi connectivity index (χ4v) is 4.15. The molecule has 8 heteroatoms. The average Bonchev–Trinajstić information content (AvgIpc) is 2.94. The largest absolute Gasteiger partial charge is 0.320 e. The van der Waals surface area contributed by atoms with Crippen molar-refractivity contribution in [3.8, 4) is 0 Å². The first kappa shape index (κ1) is 18.3. The van der Waals surface area contributed by atoms with Gasteiger partial charge in [0.15, 0.2) is 0 Å². The molecule has 1 aliphatic rings. The van der Waals surface area contributed by atoms with Gasteiger partial charge in [-0.2, -0.15) is 11.8 Å². The Kier molecular flexibility index (Phi) is 6.07. The highest BCUT2D eigenvalue weighted by Crippen LogP contribution is 2.31. The maximum atomic E-state index is 12.5. The second-order valence-corrected chi connectivity index (χ2v) is 8.17. The predicted octanol–water partition coefficient (Wildman–Crippen LogP) is 0.954. The summed E-state index contributed by atoms with van der Waals surface area (Å²) < 4.78 is 26.7. The summed E-state index contributed by atoms with van der Waals surface area (Å²) in [5.74, 6) is 0.679. The molecule has 1 aliphatic heterocycles. The van der Waals surface area contributed by atoms with E-state index in [0.717, 1.165) is 17.7 Å². The first-order valence-corrected chi connectivity index (χ1v) is 10.5. The quantitative estimate of drug-likeness (QED) is 0.758. The summed E-state index contributed by atoms with van der Waals surface area (Å²) in [5, 5.41) is 0. The van der Waals surface area contributed by atoms with Gasteiger partial charge in [-0.05, 0) is 42.5 Å². The lowest BCUT2D eigenvalue weighted by molar-refractivity contribution is -0.119. The van der Waals surface area contributed by atoms with Crippen molar-refractivity contribution >= 4 is 33.4 Å². The summed E-state index contributed by atoms with van der Waals surface area (Å²) in [6.07, 6.45) is 3.30. The van der Waals surface area contributed by atoms with Crippen molar-refractivity contribution in [2.45, 2.75) is 30.7 Å². The van der Waals surface area contributed by atoms with Crippen LogP contribution in [0.5, 0.6) is 0 Å². The summed E-state index contributed by atoms with van der Waals surface area (Å²) in [4.78, 5) is 14.3. The van der Waals surface area contributed by atoms with Gasteiger partial charge in [-0.25, -0.2) is 13.1 Å². The molecule has 128 valence electrons. The maximum Gasteiger partial charge on any atom is 0.243 e. The third-order valence-electron chi connectivity index (χ3n) is 3.81. The number of thioether (sulfide) groups is 1. The Balaban J connectivity index is 2.26. The third kappa shape index (κ3) is 4.06. The van der Waals surface area contributed by atoms with Crippen LogP contribution in [0.1, 0.15) is 18.9 Å². The zero-order chi connectivity index (χ0) is 17.0. The zero-order valence-corrected chi connectivity index (χ0v) is 15.0. The number of rotatable bonds is 7. The number of nitrogens with two attached hydrogens (primary N) is 1. The number of amides is 1. The number of carbonyl (C=O) groups excluding carboxylic acids is 1. The summed E-state index contributed by atoms with van der Waals surface area (Å²) in [6, 6.07) is 4.38. The lowest BCUT2D eigenvalue weighted by atomic mass is 10.1. The van der Waals surface area contributed by atoms with E-state index in [4.69, 9.17) is 5.73 Å². The number of nitrogens with zero attached hydrogens (tertiary/aromatic N) is 1. The third-order valence-corrected chi connectivity index (χ3v) is 6.00. The van der Waals surface area contributed by atoms with Gasteiger partial charge < -0.3 is 10.6 Å². The summed E-state index contributed by atoms with van der Waals surface area (Å²) in [7, 11) is -3.54. The SMILES string of the molecule is CCNS(=O)(=O)c1ccc2c(c1)N(C(=O)[C@@H](N)CCSC)CC2. The Bertz CT molecular complexity index is 677. The number of carbonyl (C=O) groups is 1. The van der Waals surface area contributed by atoms with E-state index in [-0.39, 0.29) is 10.8 Å². The molecule has 0 fully saturated rings. The van der Waals surface area contributed by atoms with Crippen LogP contribution in [0.2, 0.25) is 0 Å². The molecule has 1 aromatic carbocycles. The van der Waals surface area contributed by atoms with E-state index in [1.54, 1.807) is 41.8 Å². The van der Waals surface area contributed by atoms with E-state index in [1.165, 1.54) is 0 Å². The fourth-order valence-electron chi connectivity index (χ4n) is 2.60. The topological polar surface area (TPSA) is 92.5 Å². The second-order valence-electron chi connectivity index (χ2n) is 5.42. The van der Waals surface area contributed by atoms with Crippen LogP contribution in [0.25, 0.3) is 0 Å². The molecule has 3 N–H and O–H groups in total. The fraction of sp³-hybridized carbons (Fsp3) is 0.533. The lowest BCUT2D eigenvalue weighted by Gasteiger charge is -2.22. The van der Waals surface area contributed by atoms with Crippen molar-refractivity contribution in [3.63, 3.8) is 0 Å². The van der Waals surface area contributed by atoms with Crippen LogP contribution >= 0.6 is 11.8 Å². The van der Waals surface area contributed by atoms with E-state index in [9.17, 15) is 13.2 Å². The molecule has 0 aromatic heterocycles. The molecule has 2 rings (SSSR count). The number of hydrogen-bond acceptors (Lipinski definition) is 5. The molecule has 0 unspecified atom stereocenters. The van der Waals surface area contributed by atoms with Crippen molar-refractivity contribution in [3.05, 3.63) is 23.8 Å². The summed E-state index contributed by atoms with van der Waals surface area (Å²) >= 11 is 1.65. The van der Waals surface area contributed by atoms with Gasteiger partial charge in [-0.3, -0.25) is 4.79 Å². The first-order valence-electron chi connectivity index (χ1n) is 7.59. The minimum atomic E-state index is -3.54. The molecule has 0 spiro atoms. The average molecular weight is 358 g/mol. The molecule has 0 radical (unpaired) electrons. The Morgan fingerprint density at radius 3 is 2.87 bits per heavy atom. The van der Waals surface area contributed by atoms with Gasteiger partial charge in [0.2, 0.25) is 15.9 Å². The van der Waals surface area contributed by atoms with Gasteiger partial charge >= 0.3 is 0 Å². The standard InChI is InChI=1S/C15H23N3O3S2/c1-3-17-23(20,21)12-5-4-11-6-8-18(14(11)10-12)15(19)13(16)7-9-22-2/h4-5,10,13,17H,3,6-9,16H2,1-2H3/t13-/m0/s1. The molecule has 23 heavy (non-hydrogen) atoms. The van der Waals surface area contributed by atoms with Crippen molar-refractivity contribution in [2.24, 2.45) is 5.73 Å². The highest BCUT2D eigenvalue weighted by Gasteiger charge is 2.29. The van der Waals surface area contributed by atoms with Crippen LogP contribution in [0, 0.1) is 0 Å². The predicted molar refractivity (Wildman–Crippen MR) is 94.3 cm³/mol. The van der Waals surface area contributed by atoms with Crippen molar-refractivity contribution in [1.29, 1.82) is 0 Å². The Labute approximate surface area is 141 Å². The van der Waals surface area contributed by atoms with Crippen LogP contribution in [0.3, 0.4) is 0 Å². The molecule has 1 amide bonds. The number of nitrogens with one attached hydrogen (secondary N) is 1. The molecule has 0 aliphatic carbocycles. The van der Waals surface area contributed by atoms with Gasteiger partial charge in [-0.15, -0.1) is 0 Å². The number of fused-ring (bicyclic) bond motifs is 1. The van der Waals surface area contributed by atoms with Gasteiger partial charge in [0.1, 0.15) is 0 Å². The number of benzene rings is 1. The molecule has 1 aromatic rings. The van der Waals surface area contributed by atoms with Crippen LogP contribution in [0.15, 0.2) is 23.1 Å². The molecule has 0 saturated carbocycles. The van der Waals surface area contributed by atoms with Crippen LogP contribution in [-0.2, 0) is 21.2 Å². The lowest BCUT2D eigenvalue weighted by Crippen LogP contribution is -2.43. The van der Waals surface area contributed by atoms with E-state index in [1.807, 2.05) is 6.26 Å². The molecular formula is C15H23N3O3S2. The van der Waals surface area contributed by atoms with Crippen LogP contribution in [0.4, 0.5) is 5.69 Å². The number of sulfonamides is 1. The van der Waals surface area contributed by atoms with Crippen molar-refractivity contribution < 1.29 is 13.2 Å². The number of anilines is 1. The molecule has 0 bridgehead atoms. The van der Waals surface area contributed by atoms with Crippen LogP contribution in [-0.4, -0.2) is 45.5 Å². The smallest absolute Gasteiger partial charge is 0.243 e. The van der Waals surface area contributed by atoms with E-state index < -0.39 is 16.1 Å². The second kappa shape index (κ2) is 7.65. The van der Waals surface area contributed by atoms with Crippen molar-refractivity contribution in [1.82, 2.24) is 4.72 Å². The summed E-state index contributed by atoms with van der Waals surface area (Å²) in [5.41, 5.74) is 7.62. The maximum absolute atomic E-state index is 12.5. The minimum Gasteiger partial charge on any atom is -0.320 e. The zero-order valence-electron chi connectivity index (χ0n) is 13.4. The van der Waals surface area contributed by atoms with Gasteiger partial charge in [0.25, 0.3) is 0 Å². The van der Waals surface area contributed by atoms with Crippen molar-refractivity contribution in [2.75, 3.05) is 30.0 Å².